The van der Waals surface area contributed by atoms with E-state index in [1.807, 2.05) is 12.1 Å². The zero-order chi connectivity index (χ0) is 9.80. The SMILES string of the molecule is CCCOc1ccc(NC2CC2)cc1. The van der Waals surface area contributed by atoms with E-state index in [2.05, 4.69) is 24.4 Å². The van der Waals surface area contributed by atoms with Crippen LogP contribution in [0.25, 0.3) is 0 Å². The molecular weight excluding hydrogens is 174 g/mol. The van der Waals surface area contributed by atoms with E-state index < -0.39 is 0 Å². The fourth-order valence-corrected chi connectivity index (χ4v) is 1.33. The van der Waals surface area contributed by atoms with Gasteiger partial charge in [0.15, 0.2) is 0 Å². The van der Waals surface area contributed by atoms with Crippen LogP contribution < -0.4 is 10.1 Å². The molecule has 1 fully saturated rings. The fraction of sp³-hybridized carbons (Fsp3) is 0.500. The third kappa shape index (κ3) is 2.66. The van der Waals surface area contributed by atoms with Crippen molar-refractivity contribution in [1.29, 1.82) is 0 Å². The van der Waals surface area contributed by atoms with Crippen LogP contribution in [0, 0.1) is 0 Å². The maximum Gasteiger partial charge on any atom is 0.119 e. The zero-order valence-corrected chi connectivity index (χ0v) is 8.62. The average molecular weight is 191 g/mol. The van der Waals surface area contributed by atoms with E-state index in [-0.39, 0.29) is 0 Å². The van der Waals surface area contributed by atoms with Crippen LogP contribution >= 0.6 is 0 Å². The summed E-state index contributed by atoms with van der Waals surface area (Å²) in [6.45, 7) is 2.92. The Morgan fingerprint density at radius 1 is 1.29 bits per heavy atom. The first-order valence-corrected chi connectivity index (χ1v) is 5.38. The van der Waals surface area contributed by atoms with E-state index in [1.54, 1.807) is 0 Å². The first kappa shape index (κ1) is 9.38. The van der Waals surface area contributed by atoms with E-state index in [1.165, 1.54) is 18.5 Å². The number of hydrogen-bond donors (Lipinski definition) is 1. The lowest BCUT2D eigenvalue weighted by Gasteiger charge is -2.07. The largest absolute Gasteiger partial charge is 0.494 e. The van der Waals surface area contributed by atoms with Crippen LogP contribution in [-0.2, 0) is 0 Å². The number of ether oxygens (including phenoxy) is 1. The van der Waals surface area contributed by atoms with Gasteiger partial charge in [0.1, 0.15) is 5.75 Å². The van der Waals surface area contributed by atoms with Crippen LogP contribution in [0.1, 0.15) is 26.2 Å². The van der Waals surface area contributed by atoms with Gasteiger partial charge in [-0.25, -0.2) is 0 Å². The highest BCUT2D eigenvalue weighted by atomic mass is 16.5. The molecule has 1 aliphatic carbocycles. The summed E-state index contributed by atoms with van der Waals surface area (Å²) in [4.78, 5) is 0. The van der Waals surface area contributed by atoms with Gasteiger partial charge in [-0.05, 0) is 43.5 Å². The van der Waals surface area contributed by atoms with E-state index in [0.717, 1.165) is 24.8 Å². The predicted molar refractivity (Wildman–Crippen MR) is 58.9 cm³/mol. The Morgan fingerprint density at radius 2 is 2.00 bits per heavy atom. The molecule has 0 aromatic heterocycles. The fourth-order valence-electron chi connectivity index (χ4n) is 1.33. The second-order valence-electron chi connectivity index (χ2n) is 3.79. The summed E-state index contributed by atoms with van der Waals surface area (Å²) in [6.07, 6.45) is 3.68. The molecule has 0 saturated heterocycles. The second kappa shape index (κ2) is 4.36. The number of nitrogens with one attached hydrogen (secondary N) is 1. The van der Waals surface area contributed by atoms with Crippen molar-refractivity contribution < 1.29 is 4.74 Å². The standard InChI is InChI=1S/C12H17NO/c1-2-9-14-12-7-5-11(6-8-12)13-10-3-4-10/h5-8,10,13H,2-4,9H2,1H3. The highest BCUT2D eigenvalue weighted by molar-refractivity contribution is 5.47. The van der Waals surface area contributed by atoms with E-state index in [9.17, 15) is 0 Å². The molecule has 1 aromatic rings. The molecule has 0 radical (unpaired) electrons. The molecule has 1 N–H and O–H groups in total. The molecule has 14 heavy (non-hydrogen) atoms. The zero-order valence-electron chi connectivity index (χ0n) is 8.62. The Balaban J connectivity index is 1.88. The molecule has 2 nitrogen and oxygen atoms in total. The third-order valence-corrected chi connectivity index (χ3v) is 2.28. The maximum atomic E-state index is 5.50. The highest BCUT2D eigenvalue weighted by Gasteiger charge is 2.20. The van der Waals surface area contributed by atoms with Gasteiger partial charge < -0.3 is 10.1 Å². The minimum Gasteiger partial charge on any atom is -0.494 e. The van der Waals surface area contributed by atoms with Crippen molar-refractivity contribution in [3.63, 3.8) is 0 Å². The monoisotopic (exact) mass is 191 g/mol. The Hall–Kier alpha value is -1.18. The molecule has 0 spiro atoms. The summed E-state index contributed by atoms with van der Waals surface area (Å²) in [6, 6.07) is 8.95. The van der Waals surface area contributed by atoms with Crippen LogP contribution in [0.2, 0.25) is 0 Å². The molecule has 76 valence electrons. The molecule has 0 atom stereocenters. The number of hydrogen-bond acceptors (Lipinski definition) is 2. The smallest absolute Gasteiger partial charge is 0.119 e. The summed E-state index contributed by atoms with van der Waals surface area (Å²) >= 11 is 0. The van der Waals surface area contributed by atoms with Crippen molar-refractivity contribution in [3.8, 4) is 5.75 Å². The molecule has 1 aliphatic rings. The number of rotatable bonds is 5. The molecule has 0 bridgehead atoms. The first-order chi connectivity index (χ1) is 6.88. The van der Waals surface area contributed by atoms with Crippen molar-refractivity contribution in [2.75, 3.05) is 11.9 Å². The van der Waals surface area contributed by atoms with Crippen molar-refractivity contribution in [2.45, 2.75) is 32.2 Å². The van der Waals surface area contributed by atoms with E-state index >= 15 is 0 Å². The molecule has 2 heteroatoms. The Bertz CT molecular complexity index is 277. The first-order valence-electron chi connectivity index (χ1n) is 5.38. The Labute approximate surface area is 85.3 Å². The van der Waals surface area contributed by atoms with Gasteiger partial charge in [-0.2, -0.15) is 0 Å². The van der Waals surface area contributed by atoms with E-state index in [4.69, 9.17) is 4.74 Å². The summed E-state index contributed by atoms with van der Waals surface area (Å²) in [7, 11) is 0. The van der Waals surface area contributed by atoms with Gasteiger partial charge in [0, 0.05) is 11.7 Å². The van der Waals surface area contributed by atoms with Crippen LogP contribution in [-0.4, -0.2) is 12.6 Å². The normalized spacial score (nSPS) is 15.2. The van der Waals surface area contributed by atoms with Crippen molar-refractivity contribution in [1.82, 2.24) is 0 Å². The highest BCUT2D eigenvalue weighted by Crippen LogP contribution is 2.25. The van der Waals surface area contributed by atoms with E-state index in [0.29, 0.717) is 0 Å². The minimum atomic E-state index is 0.720. The summed E-state index contributed by atoms with van der Waals surface area (Å²) in [5.74, 6) is 0.966. The van der Waals surface area contributed by atoms with Crippen molar-refractivity contribution in [2.24, 2.45) is 0 Å². The maximum absolute atomic E-state index is 5.50. The van der Waals surface area contributed by atoms with Crippen LogP contribution in [0.4, 0.5) is 5.69 Å². The molecule has 2 rings (SSSR count). The van der Waals surface area contributed by atoms with Crippen molar-refractivity contribution in [3.05, 3.63) is 24.3 Å². The molecular formula is C12H17NO. The Kier molecular flexibility index (Phi) is 2.92. The Morgan fingerprint density at radius 3 is 2.57 bits per heavy atom. The molecule has 1 aromatic carbocycles. The lowest BCUT2D eigenvalue weighted by Crippen LogP contribution is -2.00. The van der Waals surface area contributed by atoms with Gasteiger partial charge in [0.25, 0.3) is 0 Å². The molecule has 0 unspecified atom stereocenters. The minimum absolute atomic E-state index is 0.720. The van der Waals surface area contributed by atoms with Crippen LogP contribution in [0.3, 0.4) is 0 Å². The van der Waals surface area contributed by atoms with Gasteiger partial charge in [-0.3, -0.25) is 0 Å². The molecule has 1 saturated carbocycles. The summed E-state index contributed by atoms with van der Waals surface area (Å²) < 4.78 is 5.50. The number of benzene rings is 1. The van der Waals surface area contributed by atoms with Gasteiger partial charge >= 0.3 is 0 Å². The average Bonchev–Trinajstić information content (AvgIpc) is 3.01. The van der Waals surface area contributed by atoms with Gasteiger partial charge in [0.05, 0.1) is 6.61 Å². The molecule has 0 heterocycles. The second-order valence-corrected chi connectivity index (χ2v) is 3.79. The van der Waals surface area contributed by atoms with Gasteiger partial charge in [-0.1, -0.05) is 6.92 Å². The van der Waals surface area contributed by atoms with Gasteiger partial charge in [0.2, 0.25) is 0 Å². The van der Waals surface area contributed by atoms with Crippen LogP contribution in [0.5, 0.6) is 5.75 Å². The molecule has 0 amide bonds. The van der Waals surface area contributed by atoms with Gasteiger partial charge in [-0.15, -0.1) is 0 Å². The van der Waals surface area contributed by atoms with Crippen molar-refractivity contribution >= 4 is 5.69 Å². The van der Waals surface area contributed by atoms with Crippen LogP contribution in [0.15, 0.2) is 24.3 Å². The topological polar surface area (TPSA) is 21.3 Å². The third-order valence-electron chi connectivity index (χ3n) is 2.28. The summed E-state index contributed by atoms with van der Waals surface area (Å²) in [5.41, 5.74) is 1.20. The summed E-state index contributed by atoms with van der Waals surface area (Å²) in [5, 5.41) is 3.44. The quantitative estimate of drug-likeness (QED) is 0.772. The lowest BCUT2D eigenvalue weighted by atomic mass is 10.3. The number of anilines is 1. The molecule has 0 aliphatic heterocycles. The lowest BCUT2D eigenvalue weighted by molar-refractivity contribution is 0.317. The predicted octanol–water partition coefficient (Wildman–Crippen LogP) is 3.05.